The topological polar surface area (TPSA) is 24.3 Å². The molecular weight excluding hydrogens is 629 g/mol. The van der Waals surface area contributed by atoms with Crippen molar-refractivity contribution in [1.82, 2.24) is 9.55 Å². The summed E-state index contributed by atoms with van der Waals surface area (Å²) in [4.78, 5) is 12.1. The van der Waals surface area contributed by atoms with Gasteiger partial charge in [-0.15, -0.1) is 0 Å². The zero-order valence-corrected chi connectivity index (χ0v) is 28.9. The molecular formula is C45H36N4S. The average Bonchev–Trinajstić information content (AvgIpc) is 3.71. The lowest BCUT2D eigenvalue weighted by Crippen LogP contribution is -2.23. The molecule has 242 valence electrons. The molecule has 8 aromatic rings. The molecule has 0 spiro atoms. The van der Waals surface area contributed by atoms with Crippen LogP contribution in [0.5, 0.6) is 0 Å². The van der Waals surface area contributed by atoms with E-state index < -0.39 is 0 Å². The maximum absolute atomic E-state index is 4.94. The Bertz CT molecular complexity index is 2500. The van der Waals surface area contributed by atoms with E-state index in [1.54, 1.807) is 11.8 Å². The van der Waals surface area contributed by atoms with Crippen LogP contribution in [-0.4, -0.2) is 16.2 Å². The minimum atomic E-state index is 0.428. The monoisotopic (exact) mass is 664 g/mol. The summed E-state index contributed by atoms with van der Waals surface area (Å²) in [6.45, 7) is 5.27. The van der Waals surface area contributed by atoms with Gasteiger partial charge in [-0.05, 0) is 95.4 Å². The lowest BCUT2D eigenvalue weighted by atomic mass is 9.93. The van der Waals surface area contributed by atoms with Crippen LogP contribution in [0, 0.1) is 0 Å². The SMILES string of the molecule is CC(C)c1ccccc1-c1ccnc(-n2c3ccccc3c3ccc(Sc4cccc(N5CN(c6ccccc6)c6ccccc65)c4)cc32)c1. The standard InChI is InChI=1S/C45H36N4S/c1-31(2)37-17-6-7-18-38(37)32-25-26-46-45(27-32)49-41-20-9-8-19-39(41)40-24-23-36(29-44(40)49)50-35-16-12-15-34(28-35)48-30-47(33-13-4-3-5-14-33)42-21-10-11-22-43(42)48/h3-29,31H,30H2,1-2H3. The fourth-order valence-corrected chi connectivity index (χ4v) is 8.25. The van der Waals surface area contributed by atoms with Gasteiger partial charge in [0.15, 0.2) is 0 Å². The molecule has 0 saturated heterocycles. The molecule has 1 aliphatic rings. The zero-order chi connectivity index (χ0) is 33.6. The van der Waals surface area contributed by atoms with E-state index in [0.717, 1.165) is 23.5 Å². The van der Waals surface area contributed by atoms with Crippen molar-refractivity contribution in [2.45, 2.75) is 29.6 Å². The highest BCUT2D eigenvalue weighted by Crippen LogP contribution is 2.45. The maximum atomic E-state index is 4.94. The summed E-state index contributed by atoms with van der Waals surface area (Å²) in [5, 5.41) is 2.45. The maximum Gasteiger partial charge on any atom is 0.138 e. The van der Waals surface area contributed by atoms with E-state index in [4.69, 9.17) is 4.98 Å². The molecule has 0 radical (unpaired) electrons. The Kier molecular flexibility index (Phi) is 7.63. The molecule has 0 fully saturated rings. The van der Waals surface area contributed by atoms with E-state index in [0.29, 0.717) is 5.92 Å². The number of rotatable bonds is 7. The Morgan fingerprint density at radius 1 is 0.560 bits per heavy atom. The Balaban J connectivity index is 1.09. The summed E-state index contributed by atoms with van der Waals surface area (Å²) >= 11 is 1.80. The minimum absolute atomic E-state index is 0.428. The van der Waals surface area contributed by atoms with Crippen molar-refractivity contribution in [3.05, 3.63) is 169 Å². The zero-order valence-electron chi connectivity index (χ0n) is 28.1. The predicted octanol–water partition coefficient (Wildman–Crippen LogP) is 12.4. The quantitative estimate of drug-likeness (QED) is 0.169. The van der Waals surface area contributed by atoms with Gasteiger partial charge in [0, 0.05) is 38.1 Å². The van der Waals surface area contributed by atoms with E-state index in [9.17, 15) is 0 Å². The largest absolute Gasteiger partial charge is 0.321 e. The first kappa shape index (κ1) is 30.3. The van der Waals surface area contributed by atoms with Crippen LogP contribution in [-0.2, 0) is 0 Å². The summed E-state index contributed by atoms with van der Waals surface area (Å²) in [5.74, 6) is 1.35. The number of pyridine rings is 1. The Hall–Kier alpha value is -5.78. The second-order valence-electron chi connectivity index (χ2n) is 13.1. The number of hydrogen-bond acceptors (Lipinski definition) is 4. The van der Waals surface area contributed by atoms with Crippen molar-refractivity contribution in [3.63, 3.8) is 0 Å². The Labute approximate surface area is 297 Å². The fraction of sp³-hybridized carbons (Fsp3) is 0.0889. The number of benzene rings is 6. The Morgan fingerprint density at radius 2 is 1.24 bits per heavy atom. The van der Waals surface area contributed by atoms with Gasteiger partial charge in [0.1, 0.15) is 12.5 Å². The van der Waals surface area contributed by atoms with Crippen molar-refractivity contribution >= 4 is 56.3 Å². The highest BCUT2D eigenvalue weighted by molar-refractivity contribution is 7.99. The number of anilines is 4. The molecule has 9 rings (SSSR count). The fourth-order valence-electron chi connectivity index (χ4n) is 7.35. The molecule has 0 bridgehead atoms. The van der Waals surface area contributed by atoms with Crippen LogP contribution >= 0.6 is 11.8 Å². The summed E-state index contributed by atoms with van der Waals surface area (Å²) in [6, 6.07) is 56.8. The number of nitrogens with zero attached hydrogens (tertiary/aromatic N) is 4. The van der Waals surface area contributed by atoms with Gasteiger partial charge >= 0.3 is 0 Å². The molecule has 0 unspecified atom stereocenters. The van der Waals surface area contributed by atoms with Gasteiger partial charge in [-0.2, -0.15) is 0 Å². The van der Waals surface area contributed by atoms with Crippen LogP contribution in [0.25, 0.3) is 38.8 Å². The summed E-state index contributed by atoms with van der Waals surface area (Å²) in [7, 11) is 0. The minimum Gasteiger partial charge on any atom is -0.321 e. The van der Waals surface area contributed by atoms with Gasteiger partial charge < -0.3 is 9.80 Å². The van der Waals surface area contributed by atoms with E-state index in [1.807, 2.05) is 6.20 Å². The second kappa shape index (κ2) is 12.6. The van der Waals surface area contributed by atoms with Gasteiger partial charge in [-0.25, -0.2) is 4.98 Å². The van der Waals surface area contributed by atoms with Gasteiger partial charge in [0.2, 0.25) is 0 Å². The van der Waals surface area contributed by atoms with Gasteiger partial charge in [-0.3, -0.25) is 4.57 Å². The number of aromatic nitrogens is 2. The second-order valence-corrected chi connectivity index (χ2v) is 14.2. The smallest absolute Gasteiger partial charge is 0.138 e. The highest BCUT2D eigenvalue weighted by Gasteiger charge is 2.27. The van der Waals surface area contributed by atoms with Crippen molar-refractivity contribution in [2.24, 2.45) is 0 Å². The van der Waals surface area contributed by atoms with Crippen molar-refractivity contribution < 1.29 is 0 Å². The first-order valence-corrected chi connectivity index (χ1v) is 18.0. The normalized spacial score (nSPS) is 12.7. The molecule has 0 atom stereocenters. The third-order valence-electron chi connectivity index (χ3n) is 9.69. The number of hydrogen-bond donors (Lipinski definition) is 0. The first-order valence-electron chi connectivity index (χ1n) is 17.2. The van der Waals surface area contributed by atoms with Crippen molar-refractivity contribution in [3.8, 4) is 16.9 Å². The molecule has 0 aliphatic carbocycles. The molecule has 6 aromatic carbocycles. The van der Waals surface area contributed by atoms with Crippen LogP contribution in [0.2, 0.25) is 0 Å². The van der Waals surface area contributed by atoms with Crippen LogP contribution < -0.4 is 9.80 Å². The lowest BCUT2D eigenvalue weighted by molar-refractivity contribution is 0.869. The average molecular weight is 665 g/mol. The van der Waals surface area contributed by atoms with E-state index >= 15 is 0 Å². The molecule has 0 saturated carbocycles. The molecule has 0 N–H and O–H groups in total. The predicted molar refractivity (Wildman–Crippen MR) is 211 cm³/mol. The molecule has 0 amide bonds. The molecule has 2 aromatic heterocycles. The number of para-hydroxylation sites is 4. The van der Waals surface area contributed by atoms with Crippen LogP contribution in [0.1, 0.15) is 25.3 Å². The van der Waals surface area contributed by atoms with E-state index in [2.05, 4.69) is 186 Å². The van der Waals surface area contributed by atoms with Gasteiger partial charge in [-0.1, -0.05) is 111 Å². The molecule has 1 aliphatic heterocycles. The summed E-state index contributed by atoms with van der Waals surface area (Å²) in [5.41, 5.74) is 10.9. The molecule has 3 heterocycles. The first-order chi connectivity index (χ1) is 24.6. The van der Waals surface area contributed by atoms with E-state index in [-0.39, 0.29) is 0 Å². The highest BCUT2D eigenvalue weighted by atomic mass is 32.2. The van der Waals surface area contributed by atoms with Crippen LogP contribution in [0.4, 0.5) is 22.7 Å². The van der Waals surface area contributed by atoms with Gasteiger partial charge in [0.05, 0.1) is 22.4 Å². The van der Waals surface area contributed by atoms with Crippen molar-refractivity contribution in [1.29, 1.82) is 0 Å². The lowest BCUT2D eigenvalue weighted by Gasteiger charge is -2.22. The molecule has 5 heteroatoms. The third-order valence-corrected chi connectivity index (χ3v) is 10.7. The van der Waals surface area contributed by atoms with Crippen LogP contribution in [0.3, 0.4) is 0 Å². The van der Waals surface area contributed by atoms with Crippen LogP contribution in [0.15, 0.2) is 174 Å². The van der Waals surface area contributed by atoms with E-state index in [1.165, 1.54) is 60.0 Å². The number of fused-ring (bicyclic) bond motifs is 4. The third kappa shape index (κ3) is 5.31. The summed E-state index contributed by atoms with van der Waals surface area (Å²) in [6.07, 6.45) is 1.95. The molecule has 4 nitrogen and oxygen atoms in total. The van der Waals surface area contributed by atoms with Crippen molar-refractivity contribution in [2.75, 3.05) is 16.5 Å². The molecule has 50 heavy (non-hydrogen) atoms. The summed E-state index contributed by atoms with van der Waals surface area (Å²) < 4.78 is 2.33. The van der Waals surface area contributed by atoms with Gasteiger partial charge in [0.25, 0.3) is 0 Å². The Morgan fingerprint density at radius 3 is 2.08 bits per heavy atom.